The van der Waals surface area contributed by atoms with Crippen LogP contribution in [0.15, 0.2) is 18.6 Å². The summed E-state index contributed by atoms with van der Waals surface area (Å²) in [7, 11) is 1.97. The van der Waals surface area contributed by atoms with Crippen LogP contribution in [-0.2, 0) is 7.05 Å². The fourth-order valence-electron chi connectivity index (χ4n) is 2.26. The van der Waals surface area contributed by atoms with Crippen molar-refractivity contribution in [2.24, 2.45) is 18.7 Å². The van der Waals surface area contributed by atoms with Crippen LogP contribution in [-0.4, -0.2) is 33.5 Å². The summed E-state index contributed by atoms with van der Waals surface area (Å²) in [5.41, 5.74) is 7.45. The van der Waals surface area contributed by atoms with Crippen molar-refractivity contribution in [3.05, 3.63) is 18.6 Å². The molecule has 0 saturated heterocycles. The number of rotatable bonds is 6. The Morgan fingerprint density at radius 3 is 2.85 bits per heavy atom. The normalized spacial score (nSPS) is 11.2. The highest BCUT2D eigenvalue weighted by atomic mass is 15.2. The number of aromatic nitrogens is 3. The molecule has 0 radical (unpaired) electrons. The minimum Gasteiger partial charge on any atom is -0.388 e. The average molecular weight is 274 g/mol. The SMILES string of the molecule is CC(C)CN(CCC(=N)N)c1nccc2c1ncn2C. The molecule has 6 heteroatoms. The first-order chi connectivity index (χ1) is 9.49. The van der Waals surface area contributed by atoms with Crippen molar-refractivity contribution in [3.8, 4) is 0 Å². The van der Waals surface area contributed by atoms with Crippen LogP contribution in [0.3, 0.4) is 0 Å². The molecule has 0 aliphatic heterocycles. The molecule has 0 unspecified atom stereocenters. The van der Waals surface area contributed by atoms with Crippen LogP contribution in [0.2, 0.25) is 0 Å². The average Bonchev–Trinajstić information content (AvgIpc) is 2.76. The van der Waals surface area contributed by atoms with E-state index in [0.717, 1.165) is 23.4 Å². The first-order valence-corrected chi connectivity index (χ1v) is 6.83. The number of aryl methyl sites for hydroxylation is 1. The van der Waals surface area contributed by atoms with E-state index in [4.69, 9.17) is 11.1 Å². The van der Waals surface area contributed by atoms with Crippen molar-refractivity contribution in [1.82, 2.24) is 14.5 Å². The molecule has 2 aromatic heterocycles. The van der Waals surface area contributed by atoms with Gasteiger partial charge in [-0.15, -0.1) is 0 Å². The number of nitrogens with two attached hydrogens (primary N) is 1. The van der Waals surface area contributed by atoms with Crippen LogP contribution < -0.4 is 10.6 Å². The maximum absolute atomic E-state index is 7.41. The Morgan fingerprint density at radius 1 is 1.45 bits per heavy atom. The number of hydrogen-bond acceptors (Lipinski definition) is 4. The maximum Gasteiger partial charge on any atom is 0.156 e. The Labute approximate surface area is 119 Å². The molecule has 108 valence electrons. The zero-order valence-electron chi connectivity index (χ0n) is 12.3. The summed E-state index contributed by atoms with van der Waals surface area (Å²) in [6.07, 6.45) is 4.15. The van der Waals surface area contributed by atoms with Gasteiger partial charge in [-0.25, -0.2) is 9.97 Å². The van der Waals surface area contributed by atoms with E-state index in [2.05, 4.69) is 28.7 Å². The van der Waals surface area contributed by atoms with E-state index in [1.165, 1.54) is 0 Å². The zero-order chi connectivity index (χ0) is 14.7. The molecule has 0 aromatic carbocycles. The molecule has 0 spiro atoms. The van der Waals surface area contributed by atoms with Crippen molar-refractivity contribution < 1.29 is 0 Å². The summed E-state index contributed by atoms with van der Waals surface area (Å²) in [6.45, 7) is 5.89. The van der Waals surface area contributed by atoms with Crippen LogP contribution >= 0.6 is 0 Å². The monoisotopic (exact) mass is 274 g/mol. The van der Waals surface area contributed by atoms with Gasteiger partial charge in [-0.3, -0.25) is 5.41 Å². The number of hydrogen-bond donors (Lipinski definition) is 2. The molecule has 2 aromatic rings. The Balaban J connectivity index is 2.36. The third kappa shape index (κ3) is 3.07. The van der Waals surface area contributed by atoms with Gasteiger partial charge in [0.1, 0.15) is 5.52 Å². The molecule has 0 bridgehead atoms. The third-order valence-corrected chi connectivity index (χ3v) is 3.16. The predicted molar refractivity (Wildman–Crippen MR) is 82.1 cm³/mol. The minimum absolute atomic E-state index is 0.201. The van der Waals surface area contributed by atoms with E-state index in [-0.39, 0.29) is 5.84 Å². The molecule has 3 N–H and O–H groups in total. The Morgan fingerprint density at radius 2 is 2.20 bits per heavy atom. The van der Waals surface area contributed by atoms with Crippen LogP contribution in [0.4, 0.5) is 5.82 Å². The molecule has 0 amide bonds. The van der Waals surface area contributed by atoms with E-state index in [1.54, 1.807) is 12.5 Å². The molecule has 0 fully saturated rings. The van der Waals surface area contributed by atoms with E-state index < -0.39 is 0 Å². The Hall–Kier alpha value is -2.11. The fourth-order valence-corrected chi connectivity index (χ4v) is 2.26. The maximum atomic E-state index is 7.41. The number of nitrogens with one attached hydrogen (secondary N) is 1. The van der Waals surface area contributed by atoms with Gasteiger partial charge in [0.2, 0.25) is 0 Å². The van der Waals surface area contributed by atoms with E-state index in [0.29, 0.717) is 18.9 Å². The topological polar surface area (TPSA) is 83.8 Å². The lowest BCUT2D eigenvalue weighted by Crippen LogP contribution is -2.32. The molecule has 0 saturated carbocycles. The van der Waals surface area contributed by atoms with Crippen molar-refractivity contribution in [2.45, 2.75) is 20.3 Å². The van der Waals surface area contributed by atoms with Crippen molar-refractivity contribution in [1.29, 1.82) is 5.41 Å². The number of nitrogens with zero attached hydrogens (tertiary/aromatic N) is 4. The van der Waals surface area contributed by atoms with Gasteiger partial charge in [-0.05, 0) is 12.0 Å². The summed E-state index contributed by atoms with van der Waals surface area (Å²) in [4.78, 5) is 11.1. The molecule has 0 aliphatic carbocycles. The van der Waals surface area contributed by atoms with Crippen molar-refractivity contribution >= 4 is 22.7 Å². The molecule has 0 aliphatic rings. The van der Waals surface area contributed by atoms with Gasteiger partial charge in [0, 0.05) is 32.8 Å². The molecule has 2 heterocycles. The predicted octanol–water partition coefficient (Wildman–Crippen LogP) is 1.76. The second kappa shape index (κ2) is 5.90. The highest BCUT2D eigenvalue weighted by molar-refractivity contribution is 5.86. The highest BCUT2D eigenvalue weighted by Crippen LogP contribution is 2.23. The summed E-state index contributed by atoms with van der Waals surface area (Å²) in [5, 5.41) is 7.41. The van der Waals surface area contributed by atoms with E-state index in [9.17, 15) is 0 Å². The van der Waals surface area contributed by atoms with Crippen LogP contribution in [0, 0.1) is 11.3 Å². The molecule has 2 rings (SSSR count). The summed E-state index contributed by atoms with van der Waals surface area (Å²) in [5.74, 6) is 1.58. The van der Waals surface area contributed by atoms with Crippen molar-refractivity contribution in [2.75, 3.05) is 18.0 Å². The number of anilines is 1. The lowest BCUT2D eigenvalue weighted by atomic mass is 10.2. The van der Waals surface area contributed by atoms with E-state index in [1.807, 2.05) is 17.7 Å². The molecule has 6 nitrogen and oxygen atoms in total. The van der Waals surface area contributed by atoms with Gasteiger partial charge < -0.3 is 15.2 Å². The highest BCUT2D eigenvalue weighted by Gasteiger charge is 2.15. The van der Waals surface area contributed by atoms with Gasteiger partial charge in [0.25, 0.3) is 0 Å². The standard InChI is InChI=1S/C14H22N6/c1-10(2)8-20(7-5-12(15)16)14-13-11(4-6-17-14)19(3)9-18-13/h4,6,9-10H,5,7-8H2,1-3H3,(H3,15,16). The van der Waals surface area contributed by atoms with E-state index >= 15 is 0 Å². The molecular weight excluding hydrogens is 252 g/mol. The largest absolute Gasteiger partial charge is 0.388 e. The van der Waals surface area contributed by atoms with Crippen LogP contribution in [0.1, 0.15) is 20.3 Å². The zero-order valence-corrected chi connectivity index (χ0v) is 12.3. The molecular formula is C14H22N6. The second-order valence-electron chi connectivity index (χ2n) is 5.47. The Kier molecular flexibility index (Phi) is 4.22. The first kappa shape index (κ1) is 14.3. The van der Waals surface area contributed by atoms with Crippen LogP contribution in [0.5, 0.6) is 0 Å². The Bertz CT molecular complexity index is 601. The number of amidine groups is 1. The van der Waals surface area contributed by atoms with Gasteiger partial charge >= 0.3 is 0 Å². The van der Waals surface area contributed by atoms with Crippen molar-refractivity contribution in [3.63, 3.8) is 0 Å². The first-order valence-electron chi connectivity index (χ1n) is 6.83. The van der Waals surface area contributed by atoms with Gasteiger partial charge in [-0.1, -0.05) is 13.8 Å². The number of fused-ring (bicyclic) bond motifs is 1. The summed E-state index contributed by atoms with van der Waals surface area (Å²) < 4.78 is 1.99. The summed E-state index contributed by atoms with van der Waals surface area (Å²) >= 11 is 0. The second-order valence-corrected chi connectivity index (χ2v) is 5.47. The summed E-state index contributed by atoms with van der Waals surface area (Å²) in [6, 6.07) is 1.96. The van der Waals surface area contributed by atoms with Gasteiger partial charge in [0.05, 0.1) is 17.7 Å². The lowest BCUT2D eigenvalue weighted by Gasteiger charge is -2.25. The van der Waals surface area contributed by atoms with Gasteiger partial charge in [-0.2, -0.15) is 0 Å². The fraction of sp³-hybridized carbons (Fsp3) is 0.500. The smallest absolute Gasteiger partial charge is 0.156 e. The quantitative estimate of drug-likeness (QED) is 0.621. The third-order valence-electron chi connectivity index (χ3n) is 3.16. The minimum atomic E-state index is 0.201. The number of imidazole rings is 1. The van der Waals surface area contributed by atoms with Crippen LogP contribution in [0.25, 0.3) is 11.0 Å². The molecule has 0 atom stereocenters. The van der Waals surface area contributed by atoms with Gasteiger partial charge in [0.15, 0.2) is 5.82 Å². The lowest BCUT2D eigenvalue weighted by molar-refractivity contribution is 0.610. The number of pyridine rings is 1. The molecule has 20 heavy (non-hydrogen) atoms.